The first kappa shape index (κ1) is 23.3. The lowest BCUT2D eigenvalue weighted by atomic mass is 10.1. The zero-order chi connectivity index (χ0) is 22.1. The Hall–Kier alpha value is -2.38. The fraction of sp³-hybridized carbons (Fsp3) is 0.458. The predicted octanol–water partition coefficient (Wildman–Crippen LogP) is 3.91. The van der Waals surface area contributed by atoms with Crippen LogP contribution in [-0.4, -0.2) is 40.1 Å². The van der Waals surface area contributed by atoms with Gasteiger partial charge in [0.1, 0.15) is 6.54 Å². The van der Waals surface area contributed by atoms with E-state index in [4.69, 9.17) is 4.74 Å². The summed E-state index contributed by atoms with van der Waals surface area (Å²) in [7, 11) is -3.87. The van der Waals surface area contributed by atoms with E-state index in [-0.39, 0.29) is 17.3 Å². The third-order valence-corrected chi connectivity index (χ3v) is 7.34. The second-order valence-corrected chi connectivity index (χ2v) is 9.69. The van der Waals surface area contributed by atoms with Gasteiger partial charge in [-0.3, -0.25) is 9.10 Å². The van der Waals surface area contributed by atoms with Crippen LogP contribution in [0.4, 0.5) is 5.69 Å². The van der Waals surface area contributed by atoms with Crippen LogP contribution >= 0.6 is 0 Å². The van der Waals surface area contributed by atoms with Crippen LogP contribution in [-0.2, 0) is 26.0 Å². The molecule has 0 aromatic heterocycles. The highest BCUT2D eigenvalue weighted by atomic mass is 32.2. The summed E-state index contributed by atoms with van der Waals surface area (Å²) in [6.45, 7) is 2.83. The maximum absolute atomic E-state index is 13.3. The van der Waals surface area contributed by atoms with E-state index in [0.717, 1.165) is 24.8 Å². The van der Waals surface area contributed by atoms with Gasteiger partial charge in [-0.05, 0) is 55.5 Å². The Morgan fingerprint density at radius 3 is 2.39 bits per heavy atom. The molecule has 168 valence electrons. The number of benzene rings is 2. The van der Waals surface area contributed by atoms with Crippen LogP contribution in [0.1, 0.15) is 44.6 Å². The van der Waals surface area contributed by atoms with Gasteiger partial charge in [0.15, 0.2) is 0 Å². The van der Waals surface area contributed by atoms with Gasteiger partial charge >= 0.3 is 0 Å². The van der Waals surface area contributed by atoms with E-state index in [1.54, 1.807) is 42.5 Å². The van der Waals surface area contributed by atoms with Crippen molar-refractivity contribution in [2.75, 3.05) is 24.0 Å². The number of sulfonamides is 1. The van der Waals surface area contributed by atoms with Crippen molar-refractivity contribution in [3.8, 4) is 0 Å². The van der Waals surface area contributed by atoms with Crippen molar-refractivity contribution in [3.05, 3.63) is 60.2 Å². The molecule has 0 saturated heterocycles. The summed E-state index contributed by atoms with van der Waals surface area (Å²) < 4.78 is 33.5. The first-order valence-electron chi connectivity index (χ1n) is 11.1. The number of carbonyl (C=O) groups excluding carboxylic acids is 1. The van der Waals surface area contributed by atoms with Gasteiger partial charge < -0.3 is 10.1 Å². The number of anilines is 1. The molecule has 1 fully saturated rings. The molecule has 1 N–H and O–H groups in total. The van der Waals surface area contributed by atoms with Crippen molar-refractivity contribution in [2.45, 2.75) is 56.4 Å². The summed E-state index contributed by atoms with van der Waals surface area (Å²) in [5, 5.41) is 2.83. The van der Waals surface area contributed by atoms with E-state index >= 15 is 0 Å². The Balaban J connectivity index is 1.64. The summed E-state index contributed by atoms with van der Waals surface area (Å²) in [4.78, 5) is 12.7. The van der Waals surface area contributed by atoms with Gasteiger partial charge in [-0.15, -0.1) is 0 Å². The number of amides is 1. The minimum Gasteiger partial charge on any atom is -0.378 e. The summed E-state index contributed by atoms with van der Waals surface area (Å²) in [6, 6.07) is 15.5. The molecule has 2 aromatic carbocycles. The van der Waals surface area contributed by atoms with Gasteiger partial charge in [-0.2, -0.15) is 0 Å². The van der Waals surface area contributed by atoms with Gasteiger partial charge in [-0.25, -0.2) is 8.42 Å². The van der Waals surface area contributed by atoms with Crippen molar-refractivity contribution < 1.29 is 17.9 Å². The molecule has 6 nitrogen and oxygen atoms in total. The highest BCUT2D eigenvalue weighted by Crippen LogP contribution is 2.24. The van der Waals surface area contributed by atoms with Gasteiger partial charge in [0.05, 0.1) is 16.7 Å². The van der Waals surface area contributed by atoms with Crippen LogP contribution in [0.3, 0.4) is 0 Å². The highest BCUT2D eigenvalue weighted by molar-refractivity contribution is 7.92. The molecule has 7 heteroatoms. The Kier molecular flexibility index (Phi) is 8.49. The number of aryl methyl sites for hydroxylation is 1. The van der Waals surface area contributed by atoms with Crippen LogP contribution in [0.5, 0.6) is 0 Å². The average molecular weight is 445 g/mol. The normalized spacial score (nSPS) is 14.5. The smallest absolute Gasteiger partial charge is 0.264 e. The fourth-order valence-electron chi connectivity index (χ4n) is 3.72. The molecule has 2 aromatic rings. The lowest BCUT2D eigenvalue weighted by Crippen LogP contribution is -2.41. The van der Waals surface area contributed by atoms with Crippen LogP contribution in [0.25, 0.3) is 0 Å². The molecule has 0 unspecified atom stereocenters. The topological polar surface area (TPSA) is 75.7 Å². The Bertz CT molecular complexity index is 924. The zero-order valence-corrected chi connectivity index (χ0v) is 18.9. The Morgan fingerprint density at radius 1 is 1.06 bits per heavy atom. The van der Waals surface area contributed by atoms with Gasteiger partial charge in [0.2, 0.25) is 5.91 Å². The molecular formula is C24H32N2O4S. The van der Waals surface area contributed by atoms with Crippen LogP contribution in [0, 0.1) is 0 Å². The van der Waals surface area contributed by atoms with E-state index in [1.165, 1.54) is 17.1 Å². The van der Waals surface area contributed by atoms with Crippen LogP contribution < -0.4 is 9.62 Å². The standard InChI is InChI=1S/C24H32N2O4S/c1-2-20-13-15-21(16-14-20)26(31(28,29)23-11-4-3-5-12-23)19-24(27)25-17-8-18-30-22-9-6-7-10-22/h3-5,11-16,22H,2,6-10,17-19H2,1H3,(H,25,27). The maximum Gasteiger partial charge on any atom is 0.264 e. The number of hydrogen-bond donors (Lipinski definition) is 1. The number of ether oxygens (including phenoxy) is 1. The molecule has 3 rings (SSSR count). The minimum absolute atomic E-state index is 0.160. The largest absolute Gasteiger partial charge is 0.378 e. The lowest BCUT2D eigenvalue weighted by Gasteiger charge is -2.24. The number of hydrogen-bond acceptors (Lipinski definition) is 4. The van der Waals surface area contributed by atoms with Gasteiger partial charge in [0.25, 0.3) is 10.0 Å². The summed E-state index contributed by atoms with van der Waals surface area (Å²) in [6.07, 6.45) is 6.62. The van der Waals surface area contributed by atoms with Crippen molar-refractivity contribution in [1.82, 2.24) is 5.32 Å². The van der Waals surface area contributed by atoms with E-state index in [2.05, 4.69) is 5.32 Å². The fourth-order valence-corrected chi connectivity index (χ4v) is 5.17. The molecule has 1 aliphatic carbocycles. The first-order chi connectivity index (χ1) is 15.0. The lowest BCUT2D eigenvalue weighted by molar-refractivity contribution is -0.119. The third kappa shape index (κ3) is 6.55. The second-order valence-electron chi connectivity index (χ2n) is 7.83. The number of nitrogens with one attached hydrogen (secondary N) is 1. The highest BCUT2D eigenvalue weighted by Gasteiger charge is 2.27. The van der Waals surface area contributed by atoms with Crippen LogP contribution in [0.2, 0.25) is 0 Å². The molecule has 0 atom stereocenters. The zero-order valence-electron chi connectivity index (χ0n) is 18.1. The van der Waals surface area contributed by atoms with E-state index in [0.29, 0.717) is 31.4 Å². The third-order valence-electron chi connectivity index (χ3n) is 5.55. The Morgan fingerprint density at radius 2 is 1.74 bits per heavy atom. The second kappa shape index (κ2) is 11.3. The van der Waals surface area contributed by atoms with Crippen molar-refractivity contribution >= 4 is 21.6 Å². The number of rotatable bonds is 11. The average Bonchev–Trinajstić information content (AvgIpc) is 3.31. The molecule has 0 bridgehead atoms. The van der Waals surface area contributed by atoms with Crippen molar-refractivity contribution in [3.63, 3.8) is 0 Å². The van der Waals surface area contributed by atoms with E-state index in [9.17, 15) is 13.2 Å². The molecule has 1 aliphatic rings. The molecule has 1 saturated carbocycles. The summed E-state index contributed by atoms with van der Waals surface area (Å²) in [5.41, 5.74) is 1.58. The monoisotopic (exact) mass is 444 g/mol. The summed E-state index contributed by atoms with van der Waals surface area (Å²) in [5.74, 6) is -0.333. The molecule has 0 aliphatic heterocycles. The van der Waals surface area contributed by atoms with E-state index in [1.807, 2.05) is 19.1 Å². The SMILES string of the molecule is CCc1ccc(N(CC(=O)NCCCOC2CCCC2)S(=O)(=O)c2ccccc2)cc1. The number of carbonyl (C=O) groups is 1. The molecule has 0 heterocycles. The molecule has 0 radical (unpaired) electrons. The quantitative estimate of drug-likeness (QED) is 0.533. The molecular weight excluding hydrogens is 412 g/mol. The molecule has 31 heavy (non-hydrogen) atoms. The van der Waals surface area contributed by atoms with Gasteiger partial charge in [-0.1, -0.05) is 50.1 Å². The minimum atomic E-state index is -3.87. The van der Waals surface area contributed by atoms with Crippen molar-refractivity contribution in [1.29, 1.82) is 0 Å². The first-order valence-corrected chi connectivity index (χ1v) is 12.5. The number of nitrogens with zero attached hydrogens (tertiary/aromatic N) is 1. The van der Waals surface area contributed by atoms with Crippen molar-refractivity contribution in [2.24, 2.45) is 0 Å². The Labute approximate surface area is 185 Å². The maximum atomic E-state index is 13.3. The molecule has 0 spiro atoms. The summed E-state index contributed by atoms with van der Waals surface area (Å²) >= 11 is 0. The van der Waals surface area contributed by atoms with Gasteiger partial charge in [0, 0.05) is 13.2 Å². The molecule has 1 amide bonds. The van der Waals surface area contributed by atoms with Crippen LogP contribution in [0.15, 0.2) is 59.5 Å². The van der Waals surface area contributed by atoms with E-state index < -0.39 is 10.0 Å². The predicted molar refractivity (Wildman–Crippen MR) is 123 cm³/mol.